The Morgan fingerprint density at radius 2 is 1.74 bits per heavy atom. The van der Waals surface area contributed by atoms with Gasteiger partial charge >= 0.3 is 0 Å². The SMILES string of the molecule is CCOC1CCN(CCCCCCNC2CC2)CC1. The van der Waals surface area contributed by atoms with Crippen molar-refractivity contribution in [3.8, 4) is 0 Å². The molecule has 1 aliphatic heterocycles. The fraction of sp³-hybridized carbons (Fsp3) is 1.00. The van der Waals surface area contributed by atoms with Crippen LogP contribution in [0.4, 0.5) is 0 Å². The van der Waals surface area contributed by atoms with E-state index in [1.165, 1.54) is 77.5 Å². The molecule has 1 N–H and O–H groups in total. The Kier molecular flexibility index (Phi) is 7.18. The van der Waals surface area contributed by atoms with E-state index in [4.69, 9.17) is 4.74 Å². The molecule has 0 amide bonds. The summed E-state index contributed by atoms with van der Waals surface area (Å²) in [7, 11) is 0. The van der Waals surface area contributed by atoms with E-state index in [1.54, 1.807) is 0 Å². The summed E-state index contributed by atoms with van der Waals surface area (Å²) in [4.78, 5) is 2.62. The third-order valence-corrected chi connectivity index (χ3v) is 4.35. The standard InChI is InChI=1S/C16H32N2O/c1-2-19-16-9-13-18(14-10-16)12-6-4-3-5-11-17-15-7-8-15/h15-17H,2-14H2,1H3. The smallest absolute Gasteiger partial charge is 0.0599 e. The average Bonchev–Trinajstić information content (AvgIpc) is 3.24. The van der Waals surface area contributed by atoms with Crippen LogP contribution < -0.4 is 5.32 Å². The molecule has 0 bridgehead atoms. The second-order valence-electron chi connectivity index (χ2n) is 6.14. The van der Waals surface area contributed by atoms with Crippen molar-refractivity contribution in [2.45, 2.75) is 70.4 Å². The van der Waals surface area contributed by atoms with Gasteiger partial charge in [-0.1, -0.05) is 12.8 Å². The third-order valence-electron chi connectivity index (χ3n) is 4.35. The largest absolute Gasteiger partial charge is 0.378 e. The monoisotopic (exact) mass is 268 g/mol. The van der Waals surface area contributed by atoms with E-state index < -0.39 is 0 Å². The Balaban J connectivity index is 1.37. The van der Waals surface area contributed by atoms with E-state index in [2.05, 4.69) is 17.1 Å². The molecule has 0 aromatic heterocycles. The van der Waals surface area contributed by atoms with E-state index in [-0.39, 0.29) is 0 Å². The van der Waals surface area contributed by atoms with Gasteiger partial charge < -0.3 is 15.0 Å². The van der Waals surface area contributed by atoms with E-state index >= 15 is 0 Å². The second-order valence-corrected chi connectivity index (χ2v) is 6.14. The Morgan fingerprint density at radius 1 is 1.00 bits per heavy atom. The van der Waals surface area contributed by atoms with Gasteiger partial charge in [-0.15, -0.1) is 0 Å². The highest BCUT2D eigenvalue weighted by Crippen LogP contribution is 2.18. The summed E-state index contributed by atoms with van der Waals surface area (Å²) < 4.78 is 5.69. The van der Waals surface area contributed by atoms with Crippen LogP contribution in [-0.4, -0.2) is 49.8 Å². The molecule has 1 saturated carbocycles. The number of hydrogen-bond donors (Lipinski definition) is 1. The zero-order valence-corrected chi connectivity index (χ0v) is 12.7. The lowest BCUT2D eigenvalue weighted by atomic mass is 10.1. The number of unbranched alkanes of at least 4 members (excludes halogenated alkanes) is 3. The summed E-state index contributed by atoms with van der Waals surface area (Å²) in [5.41, 5.74) is 0. The highest BCUT2D eigenvalue weighted by atomic mass is 16.5. The molecular formula is C16H32N2O. The van der Waals surface area contributed by atoms with Crippen molar-refractivity contribution in [2.24, 2.45) is 0 Å². The van der Waals surface area contributed by atoms with Gasteiger partial charge in [-0.2, -0.15) is 0 Å². The minimum Gasteiger partial charge on any atom is -0.378 e. The minimum absolute atomic E-state index is 0.537. The van der Waals surface area contributed by atoms with Crippen LogP contribution in [0.5, 0.6) is 0 Å². The predicted octanol–water partition coefficient (Wildman–Crippen LogP) is 2.80. The minimum atomic E-state index is 0.537. The second kappa shape index (κ2) is 8.93. The van der Waals surface area contributed by atoms with Gasteiger partial charge in [0.25, 0.3) is 0 Å². The molecule has 2 aliphatic rings. The van der Waals surface area contributed by atoms with Gasteiger partial charge in [0.1, 0.15) is 0 Å². The summed E-state index contributed by atoms with van der Waals surface area (Å²) in [6, 6.07) is 0.881. The van der Waals surface area contributed by atoms with Crippen molar-refractivity contribution in [3.63, 3.8) is 0 Å². The summed E-state index contributed by atoms with van der Waals surface area (Å²) in [5, 5.41) is 3.59. The molecule has 3 nitrogen and oxygen atoms in total. The topological polar surface area (TPSA) is 24.5 Å². The predicted molar refractivity (Wildman–Crippen MR) is 80.6 cm³/mol. The number of rotatable bonds is 10. The van der Waals surface area contributed by atoms with Crippen molar-refractivity contribution in [1.29, 1.82) is 0 Å². The van der Waals surface area contributed by atoms with Gasteiger partial charge in [-0.05, 0) is 58.5 Å². The molecule has 2 rings (SSSR count). The van der Waals surface area contributed by atoms with Crippen LogP contribution in [0, 0.1) is 0 Å². The molecule has 1 heterocycles. The first-order valence-electron chi connectivity index (χ1n) is 8.46. The van der Waals surface area contributed by atoms with Crippen molar-refractivity contribution in [1.82, 2.24) is 10.2 Å². The zero-order chi connectivity index (χ0) is 13.3. The van der Waals surface area contributed by atoms with Crippen LogP contribution in [-0.2, 0) is 4.74 Å². The van der Waals surface area contributed by atoms with Crippen LogP contribution in [0.1, 0.15) is 58.3 Å². The van der Waals surface area contributed by atoms with Gasteiger partial charge in [-0.25, -0.2) is 0 Å². The van der Waals surface area contributed by atoms with Gasteiger partial charge in [-0.3, -0.25) is 0 Å². The highest BCUT2D eigenvalue weighted by molar-refractivity contribution is 4.80. The number of piperidine rings is 1. The molecule has 3 heteroatoms. The molecule has 1 aliphatic carbocycles. The molecule has 1 saturated heterocycles. The van der Waals surface area contributed by atoms with Crippen molar-refractivity contribution >= 4 is 0 Å². The molecule has 2 fully saturated rings. The first kappa shape index (κ1) is 15.3. The average molecular weight is 268 g/mol. The first-order valence-corrected chi connectivity index (χ1v) is 8.46. The Bertz CT molecular complexity index is 223. The molecular weight excluding hydrogens is 236 g/mol. The van der Waals surface area contributed by atoms with Crippen molar-refractivity contribution in [2.75, 3.05) is 32.8 Å². The molecule has 19 heavy (non-hydrogen) atoms. The van der Waals surface area contributed by atoms with Gasteiger partial charge in [0.05, 0.1) is 6.10 Å². The van der Waals surface area contributed by atoms with Gasteiger partial charge in [0.2, 0.25) is 0 Å². The summed E-state index contributed by atoms with van der Waals surface area (Å²) in [6.07, 6.45) is 11.4. The van der Waals surface area contributed by atoms with Crippen LogP contribution >= 0.6 is 0 Å². The van der Waals surface area contributed by atoms with Gasteiger partial charge in [0.15, 0.2) is 0 Å². The maximum Gasteiger partial charge on any atom is 0.0599 e. The summed E-state index contributed by atoms with van der Waals surface area (Å²) in [5.74, 6) is 0. The van der Waals surface area contributed by atoms with E-state index in [1.807, 2.05) is 0 Å². The number of nitrogens with zero attached hydrogens (tertiary/aromatic N) is 1. The third kappa shape index (κ3) is 6.73. The molecule has 0 spiro atoms. The van der Waals surface area contributed by atoms with E-state index in [9.17, 15) is 0 Å². The fourth-order valence-corrected chi connectivity index (χ4v) is 2.94. The Morgan fingerprint density at radius 3 is 2.42 bits per heavy atom. The van der Waals surface area contributed by atoms with E-state index in [0.717, 1.165) is 12.6 Å². The zero-order valence-electron chi connectivity index (χ0n) is 12.7. The van der Waals surface area contributed by atoms with Gasteiger partial charge in [0, 0.05) is 25.7 Å². The lowest BCUT2D eigenvalue weighted by Crippen LogP contribution is -2.37. The summed E-state index contributed by atoms with van der Waals surface area (Å²) in [6.45, 7) is 8.01. The van der Waals surface area contributed by atoms with Crippen molar-refractivity contribution < 1.29 is 4.74 Å². The number of nitrogens with one attached hydrogen (secondary N) is 1. The number of ether oxygens (including phenoxy) is 1. The Hall–Kier alpha value is -0.120. The Labute approximate surface area is 119 Å². The lowest BCUT2D eigenvalue weighted by molar-refractivity contribution is 0.0140. The van der Waals surface area contributed by atoms with E-state index in [0.29, 0.717) is 6.10 Å². The van der Waals surface area contributed by atoms with Crippen LogP contribution in [0.2, 0.25) is 0 Å². The first-order chi connectivity index (χ1) is 9.38. The number of hydrogen-bond acceptors (Lipinski definition) is 3. The van der Waals surface area contributed by atoms with Crippen LogP contribution in [0.15, 0.2) is 0 Å². The maximum atomic E-state index is 5.69. The number of likely N-dealkylation sites (tertiary alicyclic amines) is 1. The lowest BCUT2D eigenvalue weighted by Gasteiger charge is -2.31. The highest BCUT2D eigenvalue weighted by Gasteiger charge is 2.19. The molecule has 0 unspecified atom stereocenters. The quantitative estimate of drug-likeness (QED) is 0.617. The fourth-order valence-electron chi connectivity index (χ4n) is 2.94. The molecule has 0 aromatic carbocycles. The summed E-state index contributed by atoms with van der Waals surface area (Å²) >= 11 is 0. The molecule has 0 atom stereocenters. The van der Waals surface area contributed by atoms with Crippen molar-refractivity contribution in [3.05, 3.63) is 0 Å². The molecule has 0 aromatic rings. The molecule has 0 radical (unpaired) electrons. The molecule has 112 valence electrons. The normalized spacial score (nSPS) is 21.9. The van der Waals surface area contributed by atoms with Crippen LogP contribution in [0.25, 0.3) is 0 Å². The van der Waals surface area contributed by atoms with Crippen LogP contribution in [0.3, 0.4) is 0 Å². The maximum absolute atomic E-state index is 5.69.